The molecule has 2 aliphatic heterocycles. The van der Waals surface area contributed by atoms with Crippen LogP contribution in [0, 0.1) is 11.3 Å². The number of carbonyl (C=O) groups is 3. The van der Waals surface area contributed by atoms with Crippen molar-refractivity contribution in [2.75, 3.05) is 22.9 Å². The molecule has 1 atom stereocenters. The van der Waals surface area contributed by atoms with Crippen molar-refractivity contribution in [3.8, 4) is 6.07 Å². The fraction of sp³-hybridized carbons (Fsp3) is 0.405. The zero-order valence-corrected chi connectivity index (χ0v) is 27.6. The lowest BCUT2D eigenvalue weighted by molar-refractivity contribution is -0.137. The van der Waals surface area contributed by atoms with E-state index in [2.05, 4.69) is 58.9 Å². The molecule has 9 heteroatoms. The highest BCUT2D eigenvalue weighted by atomic mass is 16.4. The van der Waals surface area contributed by atoms with Crippen molar-refractivity contribution >= 4 is 29.3 Å². The van der Waals surface area contributed by atoms with Crippen LogP contribution in [0.3, 0.4) is 0 Å². The number of carboxylic acid groups (broad SMARTS) is 3. The Bertz CT molecular complexity index is 1700. The number of aromatic carboxylic acids is 1. The van der Waals surface area contributed by atoms with Crippen molar-refractivity contribution in [2.24, 2.45) is 0 Å². The van der Waals surface area contributed by atoms with Crippen LogP contribution in [0.15, 0.2) is 72.0 Å². The van der Waals surface area contributed by atoms with Gasteiger partial charge in [-0.25, -0.2) is 4.79 Å². The number of hydrogen-bond acceptors (Lipinski definition) is 6. The number of allylic oxidation sites excluding steroid dienone is 5. The molecule has 0 aliphatic carbocycles. The van der Waals surface area contributed by atoms with Crippen LogP contribution < -0.4 is 9.80 Å². The van der Waals surface area contributed by atoms with Crippen LogP contribution in [0.25, 0.3) is 0 Å². The Hall–Kier alpha value is -4.84. The summed E-state index contributed by atoms with van der Waals surface area (Å²) in [6.45, 7) is 15.1. The fourth-order valence-corrected chi connectivity index (χ4v) is 6.54. The summed E-state index contributed by atoms with van der Waals surface area (Å²) in [6, 6.07) is 13.1. The van der Waals surface area contributed by atoms with Crippen molar-refractivity contribution in [1.29, 1.82) is 5.26 Å². The van der Waals surface area contributed by atoms with E-state index in [0.717, 1.165) is 28.2 Å². The van der Waals surface area contributed by atoms with E-state index >= 15 is 0 Å². The van der Waals surface area contributed by atoms with Crippen LogP contribution in [0.4, 0.5) is 11.4 Å². The maximum absolute atomic E-state index is 11.7. The number of carboxylic acids is 3. The van der Waals surface area contributed by atoms with Gasteiger partial charge in [-0.2, -0.15) is 5.26 Å². The quantitative estimate of drug-likeness (QED) is 0.192. The Kier molecular flexibility index (Phi) is 9.26. The molecule has 0 bridgehead atoms. The third-order valence-electron chi connectivity index (χ3n) is 9.20. The van der Waals surface area contributed by atoms with Crippen LogP contribution in [0.5, 0.6) is 0 Å². The molecule has 0 radical (unpaired) electrons. The molecule has 0 aromatic heterocycles. The predicted octanol–water partition coefficient (Wildman–Crippen LogP) is 6.79. The molecule has 242 valence electrons. The zero-order valence-electron chi connectivity index (χ0n) is 27.6. The Balaban J connectivity index is 1.74. The van der Waals surface area contributed by atoms with Crippen LogP contribution in [0.1, 0.15) is 88.4 Å². The van der Waals surface area contributed by atoms with Gasteiger partial charge in [0.05, 0.1) is 36.1 Å². The van der Waals surface area contributed by atoms with Gasteiger partial charge >= 0.3 is 17.9 Å². The largest absolute Gasteiger partial charge is 0.481 e. The summed E-state index contributed by atoms with van der Waals surface area (Å²) >= 11 is 0. The molecule has 3 N–H and O–H groups in total. The first kappa shape index (κ1) is 34.0. The number of anilines is 2. The topological polar surface area (TPSA) is 142 Å². The number of hydrogen-bond donors (Lipinski definition) is 3. The zero-order chi connectivity index (χ0) is 34.2. The Morgan fingerprint density at radius 3 is 2.13 bits per heavy atom. The molecule has 46 heavy (non-hydrogen) atoms. The summed E-state index contributed by atoms with van der Waals surface area (Å²) in [6.07, 6.45) is 7.06. The Morgan fingerprint density at radius 2 is 1.54 bits per heavy atom. The molecule has 0 amide bonds. The first-order chi connectivity index (χ1) is 21.4. The minimum atomic E-state index is -1.04. The molecule has 2 aromatic rings. The molecule has 2 heterocycles. The van der Waals surface area contributed by atoms with E-state index in [-0.39, 0.29) is 43.0 Å². The molecular formula is C37H43N3O6. The number of benzene rings is 2. The highest BCUT2D eigenvalue weighted by molar-refractivity contribution is 5.89. The van der Waals surface area contributed by atoms with Gasteiger partial charge < -0.3 is 25.1 Å². The Morgan fingerprint density at radius 1 is 0.913 bits per heavy atom. The van der Waals surface area contributed by atoms with Crippen LogP contribution in [-0.2, 0) is 25.8 Å². The number of rotatable bonds is 10. The maximum atomic E-state index is 11.7. The highest BCUT2D eigenvalue weighted by Crippen LogP contribution is 2.49. The monoisotopic (exact) mass is 625 g/mol. The van der Waals surface area contributed by atoms with Gasteiger partial charge in [-0.3, -0.25) is 9.59 Å². The number of aliphatic carboxylic acids is 2. The van der Waals surface area contributed by atoms with Crippen LogP contribution in [0.2, 0.25) is 0 Å². The molecule has 0 fully saturated rings. The average Bonchev–Trinajstić information content (AvgIpc) is 3.31. The van der Waals surface area contributed by atoms with Gasteiger partial charge in [0, 0.05) is 41.0 Å². The van der Waals surface area contributed by atoms with Crippen LogP contribution in [-0.4, -0.2) is 52.4 Å². The molecular weight excluding hydrogens is 582 g/mol. The lowest BCUT2D eigenvalue weighted by atomic mass is 9.79. The van der Waals surface area contributed by atoms with Gasteiger partial charge in [-0.05, 0) is 64.6 Å². The van der Waals surface area contributed by atoms with Crippen molar-refractivity contribution in [1.82, 2.24) is 0 Å². The van der Waals surface area contributed by atoms with E-state index in [4.69, 9.17) is 0 Å². The second-order valence-corrected chi connectivity index (χ2v) is 14.1. The molecule has 1 unspecified atom stereocenters. The van der Waals surface area contributed by atoms with Crippen molar-refractivity contribution < 1.29 is 29.7 Å². The minimum Gasteiger partial charge on any atom is -0.481 e. The van der Waals surface area contributed by atoms with E-state index in [1.807, 2.05) is 35.8 Å². The third kappa shape index (κ3) is 6.57. The standard InChI is InChI=1S/C37H43N3O6/c1-35(2,3)25-11-13-29-27(21-25)37(6,7)31(40(29)19-17-33(43)44)15-9-23(22-38)8-14-30-36(4,5)26-20-24(34(45)46)10-12-28(26)39(30)18-16-32(41)42/h8-15,20-21,30H,16-19H2,1-7H3,(H,41,42)(H,43,44)(H,45,46)/b14-8+,23-9-,31-15+. The van der Waals surface area contributed by atoms with E-state index in [0.29, 0.717) is 5.57 Å². The van der Waals surface area contributed by atoms with Gasteiger partial charge in [0.15, 0.2) is 0 Å². The molecule has 0 saturated carbocycles. The van der Waals surface area contributed by atoms with Gasteiger partial charge in [0.25, 0.3) is 0 Å². The number of fused-ring (bicyclic) bond motifs is 2. The molecule has 9 nitrogen and oxygen atoms in total. The van der Waals surface area contributed by atoms with E-state index in [1.54, 1.807) is 24.3 Å². The summed E-state index contributed by atoms with van der Waals surface area (Å²) in [5, 5.41) is 38.6. The highest BCUT2D eigenvalue weighted by Gasteiger charge is 2.44. The summed E-state index contributed by atoms with van der Waals surface area (Å²) in [5.41, 5.74) is 5.09. The van der Waals surface area contributed by atoms with Gasteiger partial charge in [0.2, 0.25) is 0 Å². The van der Waals surface area contributed by atoms with Gasteiger partial charge in [-0.15, -0.1) is 0 Å². The van der Waals surface area contributed by atoms with Gasteiger partial charge in [0.1, 0.15) is 0 Å². The third-order valence-corrected chi connectivity index (χ3v) is 9.20. The van der Waals surface area contributed by atoms with E-state index in [1.165, 1.54) is 11.6 Å². The molecule has 2 aromatic carbocycles. The summed E-state index contributed by atoms with van der Waals surface area (Å²) in [5.74, 6) is -2.87. The van der Waals surface area contributed by atoms with E-state index < -0.39 is 28.7 Å². The SMILES string of the molecule is CC(C)(C)c1ccc2c(c1)C(C)(C)\C(=C/C=C(C#N)/C=C/C1N(CCC(=O)O)c3ccc(C(=O)O)cc3C1(C)C)N2CCC(=O)O. The molecule has 4 rings (SSSR count). The van der Waals surface area contributed by atoms with Gasteiger partial charge in [-0.1, -0.05) is 66.7 Å². The second kappa shape index (κ2) is 12.5. The lowest BCUT2D eigenvalue weighted by Crippen LogP contribution is -2.41. The lowest BCUT2D eigenvalue weighted by Gasteiger charge is -2.32. The van der Waals surface area contributed by atoms with Crippen molar-refractivity contribution in [2.45, 2.75) is 83.6 Å². The molecule has 0 spiro atoms. The maximum Gasteiger partial charge on any atom is 0.335 e. The summed E-state index contributed by atoms with van der Waals surface area (Å²) < 4.78 is 0. The predicted molar refractivity (Wildman–Crippen MR) is 178 cm³/mol. The molecule has 0 saturated heterocycles. The van der Waals surface area contributed by atoms with E-state index in [9.17, 15) is 35.0 Å². The minimum absolute atomic E-state index is 0.0459. The van der Waals surface area contributed by atoms with Crippen LogP contribution >= 0.6 is 0 Å². The van der Waals surface area contributed by atoms with Crippen molar-refractivity contribution in [3.63, 3.8) is 0 Å². The average molecular weight is 626 g/mol. The normalized spacial score (nSPS) is 19.3. The van der Waals surface area contributed by atoms with Crippen molar-refractivity contribution in [3.05, 3.63) is 94.2 Å². The summed E-state index contributed by atoms with van der Waals surface area (Å²) in [7, 11) is 0. The number of nitrogens with zero attached hydrogens (tertiary/aromatic N) is 3. The second-order valence-electron chi connectivity index (χ2n) is 14.1. The smallest absolute Gasteiger partial charge is 0.335 e. The molecule has 2 aliphatic rings. The number of nitriles is 1. The first-order valence-corrected chi connectivity index (χ1v) is 15.4. The first-order valence-electron chi connectivity index (χ1n) is 15.4. The Labute approximate surface area is 270 Å². The summed E-state index contributed by atoms with van der Waals surface area (Å²) in [4.78, 5) is 38.8. The fourth-order valence-electron chi connectivity index (χ4n) is 6.54.